The Morgan fingerprint density at radius 1 is 0.489 bits per heavy atom. The van der Waals surface area contributed by atoms with E-state index in [-0.39, 0.29) is 5.41 Å². The average molecular weight is 620 g/mol. The van der Waals surface area contributed by atoms with Crippen molar-refractivity contribution in [1.29, 1.82) is 0 Å². The molecule has 0 aliphatic heterocycles. The molecule has 47 heavy (non-hydrogen) atoms. The third-order valence-electron chi connectivity index (χ3n) is 10.0. The standard InChI is InChI=1S/C45H33NS/c1-28-25-32(23-24-46-28)41-27-40-44(47-41)38-22-21-33(26-39(38)45(40,2)3)43-36-15-9-7-13-34(36)42(35-14-8-10-16-37(35)43)31-19-17-30(18-20-31)29-11-5-4-6-12-29/h4-27H,1-3H3. The van der Waals surface area contributed by atoms with E-state index in [4.69, 9.17) is 0 Å². The van der Waals surface area contributed by atoms with Gasteiger partial charge in [-0.3, -0.25) is 4.98 Å². The predicted molar refractivity (Wildman–Crippen MR) is 201 cm³/mol. The Kier molecular flexibility index (Phi) is 6.32. The third-order valence-corrected chi connectivity index (χ3v) is 11.2. The van der Waals surface area contributed by atoms with Crippen LogP contribution in [0.2, 0.25) is 0 Å². The van der Waals surface area contributed by atoms with Crippen LogP contribution in [0.15, 0.2) is 146 Å². The number of aromatic nitrogens is 1. The van der Waals surface area contributed by atoms with Crippen LogP contribution in [0.5, 0.6) is 0 Å². The van der Waals surface area contributed by atoms with Crippen LogP contribution in [0.25, 0.3) is 75.8 Å². The van der Waals surface area contributed by atoms with Gasteiger partial charge in [0.25, 0.3) is 0 Å². The summed E-state index contributed by atoms with van der Waals surface area (Å²) in [5.41, 5.74) is 14.0. The molecular weight excluding hydrogens is 587 g/mol. The summed E-state index contributed by atoms with van der Waals surface area (Å²) >= 11 is 1.91. The average Bonchev–Trinajstić information content (AvgIpc) is 3.65. The Labute approximate surface area is 279 Å². The van der Waals surface area contributed by atoms with Gasteiger partial charge in [-0.1, -0.05) is 129 Å². The van der Waals surface area contributed by atoms with E-state index in [1.165, 1.54) is 86.9 Å². The van der Waals surface area contributed by atoms with Gasteiger partial charge in [0.05, 0.1) is 0 Å². The zero-order valence-corrected chi connectivity index (χ0v) is 27.5. The fourth-order valence-corrected chi connectivity index (χ4v) is 9.02. The molecule has 0 bridgehead atoms. The maximum absolute atomic E-state index is 4.42. The van der Waals surface area contributed by atoms with E-state index in [9.17, 15) is 0 Å². The van der Waals surface area contributed by atoms with E-state index in [1.54, 1.807) is 0 Å². The third kappa shape index (κ3) is 4.40. The lowest BCUT2D eigenvalue weighted by atomic mass is 9.80. The Bertz CT molecular complexity index is 2430. The van der Waals surface area contributed by atoms with Gasteiger partial charge in [0, 0.05) is 27.1 Å². The summed E-state index contributed by atoms with van der Waals surface area (Å²) < 4.78 is 0. The van der Waals surface area contributed by atoms with E-state index in [0.717, 1.165) is 5.69 Å². The lowest BCUT2D eigenvalue weighted by Crippen LogP contribution is -2.14. The number of rotatable bonds is 4. The van der Waals surface area contributed by atoms with Crippen molar-refractivity contribution in [2.24, 2.45) is 0 Å². The Hall–Kier alpha value is -5.31. The van der Waals surface area contributed by atoms with E-state index in [2.05, 4.69) is 165 Å². The van der Waals surface area contributed by atoms with Crippen molar-refractivity contribution in [3.8, 4) is 54.3 Å². The SMILES string of the molecule is Cc1cc(-c2cc3c(s2)-c2ccc(-c4c5ccccc5c(-c5ccc(-c6ccccc6)cc5)c5ccccc45)cc2C3(C)C)ccn1. The minimum atomic E-state index is -0.0937. The van der Waals surface area contributed by atoms with Crippen LogP contribution in [-0.2, 0) is 5.41 Å². The first-order valence-corrected chi connectivity index (χ1v) is 17.1. The molecule has 0 fully saturated rings. The van der Waals surface area contributed by atoms with Gasteiger partial charge in [0.1, 0.15) is 0 Å². The van der Waals surface area contributed by atoms with Crippen LogP contribution in [0, 0.1) is 6.92 Å². The highest BCUT2D eigenvalue weighted by molar-refractivity contribution is 7.19. The molecule has 1 aliphatic rings. The molecular formula is C45H33NS. The Balaban J connectivity index is 1.21. The fourth-order valence-electron chi connectivity index (χ4n) is 7.67. The van der Waals surface area contributed by atoms with E-state index >= 15 is 0 Å². The molecule has 2 aromatic heterocycles. The molecule has 2 heterocycles. The van der Waals surface area contributed by atoms with Gasteiger partial charge in [0.15, 0.2) is 0 Å². The van der Waals surface area contributed by atoms with Gasteiger partial charge in [-0.15, -0.1) is 11.3 Å². The number of thiophene rings is 1. The first kappa shape index (κ1) is 28.0. The summed E-state index contributed by atoms with van der Waals surface area (Å²) in [5.74, 6) is 0. The molecule has 1 nitrogen and oxygen atoms in total. The number of benzene rings is 6. The molecule has 0 amide bonds. The van der Waals surface area contributed by atoms with Crippen molar-refractivity contribution in [2.45, 2.75) is 26.2 Å². The van der Waals surface area contributed by atoms with Gasteiger partial charge in [-0.25, -0.2) is 0 Å². The normalized spacial score (nSPS) is 13.2. The minimum absolute atomic E-state index is 0.0937. The summed E-state index contributed by atoms with van der Waals surface area (Å²) in [6, 6.07) is 51.5. The summed E-state index contributed by atoms with van der Waals surface area (Å²) in [6.45, 7) is 6.83. The molecule has 0 unspecified atom stereocenters. The number of aryl methyl sites for hydroxylation is 1. The van der Waals surface area contributed by atoms with Crippen molar-refractivity contribution < 1.29 is 0 Å². The molecule has 6 aromatic carbocycles. The van der Waals surface area contributed by atoms with Crippen LogP contribution >= 0.6 is 11.3 Å². The van der Waals surface area contributed by atoms with E-state index in [1.807, 2.05) is 17.5 Å². The molecule has 0 spiro atoms. The number of hydrogen-bond acceptors (Lipinski definition) is 2. The molecule has 0 atom stereocenters. The minimum Gasteiger partial charge on any atom is -0.262 e. The number of fused-ring (bicyclic) bond motifs is 5. The fraction of sp³-hybridized carbons (Fsp3) is 0.0889. The van der Waals surface area contributed by atoms with Gasteiger partial charge in [0.2, 0.25) is 0 Å². The number of hydrogen-bond donors (Lipinski definition) is 0. The zero-order valence-electron chi connectivity index (χ0n) is 26.7. The molecule has 224 valence electrons. The lowest BCUT2D eigenvalue weighted by Gasteiger charge is -2.23. The molecule has 8 aromatic rings. The van der Waals surface area contributed by atoms with E-state index in [0.29, 0.717) is 0 Å². The van der Waals surface area contributed by atoms with Crippen molar-refractivity contribution in [3.05, 3.63) is 163 Å². The maximum atomic E-state index is 4.42. The number of pyridine rings is 1. The van der Waals surface area contributed by atoms with Crippen LogP contribution in [-0.4, -0.2) is 4.98 Å². The number of nitrogens with zero attached hydrogens (tertiary/aromatic N) is 1. The molecule has 0 saturated heterocycles. The summed E-state index contributed by atoms with van der Waals surface area (Å²) in [4.78, 5) is 7.12. The topological polar surface area (TPSA) is 12.9 Å². The maximum Gasteiger partial charge on any atom is 0.0393 e. The highest BCUT2D eigenvalue weighted by Crippen LogP contribution is 2.55. The molecule has 9 rings (SSSR count). The van der Waals surface area contributed by atoms with Crippen molar-refractivity contribution in [1.82, 2.24) is 4.98 Å². The Morgan fingerprint density at radius 3 is 1.68 bits per heavy atom. The smallest absolute Gasteiger partial charge is 0.0393 e. The van der Waals surface area contributed by atoms with Gasteiger partial charge in [-0.05, 0) is 108 Å². The van der Waals surface area contributed by atoms with Crippen LogP contribution < -0.4 is 0 Å². The van der Waals surface area contributed by atoms with Gasteiger partial charge < -0.3 is 0 Å². The first-order chi connectivity index (χ1) is 23.0. The molecule has 0 radical (unpaired) electrons. The van der Waals surface area contributed by atoms with Crippen LogP contribution in [0.4, 0.5) is 0 Å². The molecule has 2 heteroatoms. The molecule has 0 saturated carbocycles. The highest BCUT2D eigenvalue weighted by Gasteiger charge is 2.38. The molecule has 0 N–H and O–H groups in total. The van der Waals surface area contributed by atoms with Crippen molar-refractivity contribution >= 4 is 32.9 Å². The summed E-state index contributed by atoms with van der Waals surface area (Å²) in [6.07, 6.45) is 1.92. The van der Waals surface area contributed by atoms with Crippen molar-refractivity contribution in [2.75, 3.05) is 0 Å². The first-order valence-electron chi connectivity index (χ1n) is 16.3. The Morgan fingerprint density at radius 2 is 1.04 bits per heavy atom. The van der Waals surface area contributed by atoms with Gasteiger partial charge >= 0.3 is 0 Å². The second-order valence-electron chi connectivity index (χ2n) is 13.2. The van der Waals surface area contributed by atoms with Crippen molar-refractivity contribution in [3.63, 3.8) is 0 Å². The van der Waals surface area contributed by atoms with E-state index < -0.39 is 0 Å². The quantitative estimate of drug-likeness (QED) is 0.179. The summed E-state index contributed by atoms with van der Waals surface area (Å²) in [5, 5.41) is 5.14. The summed E-state index contributed by atoms with van der Waals surface area (Å²) in [7, 11) is 0. The second-order valence-corrected chi connectivity index (χ2v) is 14.3. The molecule has 1 aliphatic carbocycles. The lowest BCUT2D eigenvalue weighted by molar-refractivity contribution is 0.662. The largest absolute Gasteiger partial charge is 0.262 e. The highest BCUT2D eigenvalue weighted by atomic mass is 32.1. The second kappa shape index (κ2) is 10.6. The van der Waals surface area contributed by atoms with Gasteiger partial charge in [-0.2, -0.15) is 0 Å². The predicted octanol–water partition coefficient (Wildman–Crippen LogP) is 12.7. The monoisotopic (exact) mass is 619 g/mol. The zero-order chi connectivity index (χ0) is 31.7. The van der Waals surface area contributed by atoms with Crippen LogP contribution in [0.3, 0.4) is 0 Å². The van der Waals surface area contributed by atoms with Crippen LogP contribution in [0.1, 0.15) is 30.7 Å².